The highest BCUT2D eigenvalue weighted by Crippen LogP contribution is 2.54. The van der Waals surface area contributed by atoms with Crippen molar-refractivity contribution in [2.75, 3.05) is 33.2 Å². The van der Waals surface area contributed by atoms with Gasteiger partial charge in [0, 0.05) is 44.6 Å². The molecular weight excluding hydrogens is 512 g/mol. The molecule has 1 spiro atoms. The second-order valence-electron chi connectivity index (χ2n) is 12.1. The van der Waals surface area contributed by atoms with Crippen molar-refractivity contribution in [2.24, 2.45) is 22.7 Å². The molecule has 5 rings (SSSR count). The van der Waals surface area contributed by atoms with Crippen molar-refractivity contribution in [3.8, 4) is 0 Å². The molecule has 40 heavy (non-hydrogen) atoms. The number of likely N-dealkylation sites (tertiary alicyclic amines) is 2. The van der Waals surface area contributed by atoms with E-state index in [9.17, 15) is 19.2 Å². The molecule has 1 saturated carbocycles. The van der Waals surface area contributed by atoms with Gasteiger partial charge in [0.05, 0.1) is 31.2 Å². The van der Waals surface area contributed by atoms with E-state index in [0.717, 1.165) is 12.0 Å². The highest BCUT2D eigenvalue weighted by Gasteiger charge is 2.62. The molecule has 1 aromatic heterocycles. The number of benzene rings is 1. The van der Waals surface area contributed by atoms with Crippen molar-refractivity contribution in [1.29, 1.82) is 0 Å². The van der Waals surface area contributed by atoms with E-state index < -0.39 is 23.5 Å². The lowest BCUT2D eigenvalue weighted by molar-refractivity contribution is -0.152. The summed E-state index contributed by atoms with van der Waals surface area (Å²) < 4.78 is 5.97. The van der Waals surface area contributed by atoms with Crippen molar-refractivity contribution in [2.45, 2.75) is 45.9 Å². The van der Waals surface area contributed by atoms with E-state index in [1.165, 1.54) is 19.6 Å². The van der Waals surface area contributed by atoms with Gasteiger partial charge in [-0.2, -0.15) is 0 Å². The van der Waals surface area contributed by atoms with E-state index in [2.05, 4.69) is 34.4 Å². The number of imidazole rings is 1. The second-order valence-corrected chi connectivity index (χ2v) is 12.1. The Hall–Kier alpha value is -3.73. The first-order chi connectivity index (χ1) is 19.0. The third-order valence-electron chi connectivity index (χ3n) is 8.77. The fraction of sp³-hybridized carbons (Fsp3) is 0.552. The first-order valence-electron chi connectivity index (χ1n) is 13.8. The van der Waals surface area contributed by atoms with Gasteiger partial charge in [-0.3, -0.25) is 19.2 Å². The number of likely N-dealkylation sites (N-methyl/N-ethyl adjacent to an activating group) is 1. The Morgan fingerprint density at radius 2 is 1.77 bits per heavy atom. The number of carbonyl (C=O) groups is 4. The number of rotatable bonds is 9. The summed E-state index contributed by atoms with van der Waals surface area (Å²) in [5, 5.41) is 5.54. The van der Waals surface area contributed by atoms with Gasteiger partial charge >= 0.3 is 0 Å². The van der Waals surface area contributed by atoms with Gasteiger partial charge in [-0.1, -0.05) is 44.2 Å². The van der Waals surface area contributed by atoms with Crippen LogP contribution in [0.4, 0.5) is 0 Å². The van der Waals surface area contributed by atoms with Crippen molar-refractivity contribution in [3.63, 3.8) is 0 Å². The largest absolute Gasteiger partial charge is 0.371 e. The first kappa shape index (κ1) is 27.8. The highest BCUT2D eigenvalue weighted by atomic mass is 16.5. The number of ether oxygens (including phenoxy) is 1. The van der Waals surface area contributed by atoms with Gasteiger partial charge in [0.25, 0.3) is 5.91 Å². The predicted octanol–water partition coefficient (Wildman–Crippen LogP) is 1.19. The molecule has 2 aliphatic heterocycles. The van der Waals surface area contributed by atoms with Gasteiger partial charge in [0.15, 0.2) is 0 Å². The summed E-state index contributed by atoms with van der Waals surface area (Å²) in [6, 6.07) is 8.67. The highest BCUT2D eigenvalue weighted by molar-refractivity contribution is 5.94. The van der Waals surface area contributed by atoms with E-state index in [1.807, 2.05) is 35.2 Å². The minimum Gasteiger partial charge on any atom is -0.371 e. The predicted molar refractivity (Wildman–Crippen MR) is 146 cm³/mol. The summed E-state index contributed by atoms with van der Waals surface area (Å²) in [4.78, 5) is 63.2. The van der Waals surface area contributed by atoms with Gasteiger partial charge in [0.2, 0.25) is 17.7 Å². The molecule has 3 fully saturated rings. The van der Waals surface area contributed by atoms with Crippen LogP contribution < -0.4 is 10.6 Å². The van der Waals surface area contributed by atoms with Gasteiger partial charge in [0.1, 0.15) is 11.7 Å². The smallest absolute Gasteiger partial charge is 0.271 e. The molecular formula is C29H38N6O5. The Morgan fingerprint density at radius 1 is 1.10 bits per heavy atom. The second kappa shape index (κ2) is 10.7. The van der Waals surface area contributed by atoms with Crippen LogP contribution in [0.15, 0.2) is 42.9 Å². The Bertz CT molecular complexity index is 1260. The molecule has 0 unspecified atom stereocenters. The fourth-order valence-electron chi connectivity index (χ4n) is 6.03. The van der Waals surface area contributed by atoms with Crippen LogP contribution in [-0.4, -0.2) is 88.8 Å². The maximum Gasteiger partial charge on any atom is 0.271 e. The van der Waals surface area contributed by atoms with E-state index in [1.54, 1.807) is 11.8 Å². The van der Waals surface area contributed by atoms with Crippen LogP contribution in [0.2, 0.25) is 0 Å². The van der Waals surface area contributed by atoms with Crippen LogP contribution in [0, 0.1) is 22.7 Å². The molecule has 214 valence electrons. The van der Waals surface area contributed by atoms with Crippen LogP contribution >= 0.6 is 0 Å². The molecule has 0 radical (unpaired) electrons. The van der Waals surface area contributed by atoms with E-state index in [4.69, 9.17) is 4.74 Å². The third kappa shape index (κ3) is 5.34. The molecule has 2 saturated heterocycles. The van der Waals surface area contributed by atoms with Gasteiger partial charge < -0.3 is 30.2 Å². The lowest BCUT2D eigenvalue weighted by Crippen LogP contribution is -2.65. The van der Waals surface area contributed by atoms with Crippen molar-refractivity contribution in [3.05, 3.63) is 54.1 Å². The number of nitrogens with zero attached hydrogens (tertiary/aromatic N) is 3. The molecule has 3 heterocycles. The molecule has 11 heteroatoms. The molecule has 4 atom stereocenters. The number of amides is 4. The Balaban J connectivity index is 1.31. The first-order valence-corrected chi connectivity index (χ1v) is 13.8. The number of hydrogen-bond donors (Lipinski definition) is 3. The molecule has 1 aliphatic carbocycles. The lowest BCUT2D eigenvalue weighted by atomic mass is 9.70. The monoisotopic (exact) mass is 550 g/mol. The van der Waals surface area contributed by atoms with E-state index in [0.29, 0.717) is 31.9 Å². The molecule has 1 aromatic carbocycles. The number of aromatic amines is 1. The Kier molecular flexibility index (Phi) is 7.43. The Morgan fingerprint density at radius 3 is 2.38 bits per heavy atom. The standard InChI is InChI=1S/C29H38N6O5/c1-18(40-13-19-8-6-5-7-9-19)23(25(37)30-4)33-24(36)21-12-34(27(39)22-11-31-17-32-22)14-29(21)15-35(16-29)26(38)20-10-28(20,2)3/h5-9,11,17-18,20-21,23H,10,12-16H2,1-4H3,(H,30,37)(H,31,32)(H,33,36)/t18-,20-,21+,23+/m1/s1. The third-order valence-corrected chi connectivity index (χ3v) is 8.77. The van der Waals surface area contributed by atoms with Crippen LogP contribution in [-0.2, 0) is 25.7 Å². The number of hydrogen-bond acceptors (Lipinski definition) is 6. The minimum absolute atomic E-state index is 0.00139. The number of aromatic nitrogens is 2. The SMILES string of the molecule is CNC(=O)[C@@H](NC(=O)[C@@H]1CN(C(=O)c2cnc[nH]2)CC12CN(C(=O)[C@H]1CC1(C)C)C2)[C@@H](C)OCc1ccccc1. The summed E-state index contributed by atoms with van der Waals surface area (Å²) in [5.41, 5.74) is 0.716. The quantitative estimate of drug-likeness (QED) is 0.429. The van der Waals surface area contributed by atoms with Gasteiger partial charge in [-0.25, -0.2) is 4.98 Å². The molecule has 4 amide bonds. The molecule has 3 N–H and O–H groups in total. The van der Waals surface area contributed by atoms with Crippen LogP contribution in [0.25, 0.3) is 0 Å². The van der Waals surface area contributed by atoms with Crippen molar-refractivity contribution >= 4 is 23.6 Å². The summed E-state index contributed by atoms with van der Waals surface area (Å²) in [7, 11) is 1.52. The number of nitrogens with one attached hydrogen (secondary N) is 3. The molecule has 0 bridgehead atoms. The zero-order valence-corrected chi connectivity index (χ0v) is 23.5. The Labute approximate surface area is 234 Å². The fourth-order valence-corrected chi connectivity index (χ4v) is 6.03. The topological polar surface area (TPSA) is 137 Å². The summed E-state index contributed by atoms with van der Waals surface area (Å²) in [5.74, 6) is -1.43. The average Bonchev–Trinajstić information content (AvgIpc) is 3.30. The zero-order valence-electron chi connectivity index (χ0n) is 23.5. The molecule has 11 nitrogen and oxygen atoms in total. The lowest BCUT2D eigenvalue weighted by Gasteiger charge is -2.50. The number of H-pyrrole nitrogens is 1. The van der Waals surface area contributed by atoms with Crippen molar-refractivity contribution < 1.29 is 23.9 Å². The molecule has 3 aliphatic rings. The zero-order chi connectivity index (χ0) is 28.7. The summed E-state index contributed by atoms with van der Waals surface area (Å²) in [6.07, 6.45) is 3.15. The summed E-state index contributed by atoms with van der Waals surface area (Å²) in [6.45, 7) is 7.53. The normalized spacial score (nSPS) is 23.7. The van der Waals surface area contributed by atoms with Crippen LogP contribution in [0.3, 0.4) is 0 Å². The van der Waals surface area contributed by atoms with Crippen LogP contribution in [0.1, 0.15) is 43.2 Å². The number of carbonyl (C=O) groups excluding carboxylic acids is 4. The maximum absolute atomic E-state index is 13.8. The average molecular weight is 551 g/mol. The van der Waals surface area contributed by atoms with Gasteiger partial charge in [-0.15, -0.1) is 0 Å². The molecule has 2 aromatic rings. The summed E-state index contributed by atoms with van der Waals surface area (Å²) >= 11 is 0. The van der Waals surface area contributed by atoms with E-state index in [-0.39, 0.29) is 41.5 Å². The van der Waals surface area contributed by atoms with E-state index >= 15 is 0 Å². The maximum atomic E-state index is 13.8. The van der Waals surface area contributed by atoms with Crippen molar-refractivity contribution in [1.82, 2.24) is 30.4 Å². The van der Waals surface area contributed by atoms with Crippen LogP contribution in [0.5, 0.6) is 0 Å². The van der Waals surface area contributed by atoms with Gasteiger partial charge in [-0.05, 0) is 24.3 Å². The minimum atomic E-state index is -0.930.